The van der Waals surface area contributed by atoms with Crippen LogP contribution in [0.4, 0.5) is 13.2 Å². The molecule has 3 N–H and O–H groups in total. The predicted molar refractivity (Wildman–Crippen MR) is 67.0 cm³/mol. The molecule has 0 fully saturated rings. The largest absolute Gasteiger partial charge is 0.479 e. The lowest BCUT2D eigenvalue weighted by Gasteiger charge is -2.19. The topological polar surface area (TPSA) is 86.6 Å². The van der Waals surface area contributed by atoms with Crippen LogP contribution in [0.25, 0.3) is 0 Å². The van der Waals surface area contributed by atoms with Gasteiger partial charge in [0.25, 0.3) is 5.91 Å². The lowest BCUT2D eigenvalue weighted by molar-refractivity contribution is -0.155. The van der Waals surface area contributed by atoms with Gasteiger partial charge in [-0.25, -0.2) is 4.79 Å². The van der Waals surface area contributed by atoms with E-state index in [0.717, 1.165) is 19.1 Å². The molecule has 0 bridgehead atoms. The Bertz CT molecular complexity index is 572. The van der Waals surface area contributed by atoms with Crippen molar-refractivity contribution in [2.75, 3.05) is 6.54 Å². The number of carboxylic acids is 1. The van der Waals surface area contributed by atoms with Gasteiger partial charge in [-0.05, 0) is 25.1 Å². The highest BCUT2D eigenvalue weighted by Gasteiger charge is 2.36. The molecule has 0 saturated carbocycles. The van der Waals surface area contributed by atoms with Crippen LogP contribution in [0.1, 0.15) is 22.8 Å². The molecule has 0 aliphatic carbocycles. The van der Waals surface area contributed by atoms with E-state index >= 15 is 0 Å². The van der Waals surface area contributed by atoms with Gasteiger partial charge in [0, 0.05) is 5.02 Å². The van der Waals surface area contributed by atoms with Crippen LogP contribution in [0.5, 0.6) is 0 Å². The lowest BCUT2D eigenvalue weighted by Crippen LogP contribution is -2.46. The van der Waals surface area contributed by atoms with Gasteiger partial charge in [0.1, 0.15) is 0 Å². The Kier molecular flexibility index (Phi) is 4.85. The predicted octanol–water partition coefficient (Wildman–Crippen LogP) is 1.92. The van der Waals surface area contributed by atoms with Crippen molar-refractivity contribution >= 4 is 23.5 Å². The van der Waals surface area contributed by atoms with E-state index in [4.69, 9.17) is 16.7 Å². The Labute approximate surface area is 122 Å². The molecule has 0 aliphatic heterocycles. The molecule has 1 aromatic rings. The second-order valence-corrected chi connectivity index (χ2v) is 4.89. The van der Waals surface area contributed by atoms with Crippen molar-refractivity contribution in [1.82, 2.24) is 5.32 Å². The molecular weight excluding hydrogens is 315 g/mol. The first-order valence-electron chi connectivity index (χ1n) is 5.56. The molecule has 1 rings (SSSR count). The number of halogens is 4. The van der Waals surface area contributed by atoms with Crippen LogP contribution in [0.15, 0.2) is 18.2 Å². The van der Waals surface area contributed by atoms with Crippen molar-refractivity contribution in [3.8, 4) is 0 Å². The zero-order valence-electron chi connectivity index (χ0n) is 10.7. The zero-order valence-corrected chi connectivity index (χ0v) is 11.4. The third-order valence-electron chi connectivity index (χ3n) is 2.59. The number of carbonyl (C=O) groups is 2. The molecule has 5 nitrogen and oxygen atoms in total. The minimum atomic E-state index is -4.80. The first kappa shape index (κ1) is 17.3. The molecule has 0 aromatic heterocycles. The van der Waals surface area contributed by atoms with E-state index in [1.54, 1.807) is 0 Å². The highest BCUT2D eigenvalue weighted by molar-refractivity contribution is 6.30. The molecule has 0 spiro atoms. The van der Waals surface area contributed by atoms with E-state index < -0.39 is 41.3 Å². The number of hydrogen-bond acceptors (Lipinski definition) is 3. The minimum absolute atomic E-state index is 0.198. The first-order chi connectivity index (χ1) is 9.45. The van der Waals surface area contributed by atoms with Gasteiger partial charge in [0.05, 0.1) is 17.7 Å². The smallest absolute Gasteiger partial charge is 0.417 e. The third kappa shape index (κ3) is 4.33. The molecule has 1 aromatic carbocycles. The van der Waals surface area contributed by atoms with Gasteiger partial charge in [-0.2, -0.15) is 13.2 Å². The van der Waals surface area contributed by atoms with E-state index in [0.29, 0.717) is 6.07 Å². The summed E-state index contributed by atoms with van der Waals surface area (Å²) < 4.78 is 38.4. The maximum Gasteiger partial charge on any atom is 0.417 e. The number of benzene rings is 1. The van der Waals surface area contributed by atoms with Crippen LogP contribution in [-0.4, -0.2) is 34.2 Å². The van der Waals surface area contributed by atoms with Crippen LogP contribution >= 0.6 is 11.6 Å². The molecule has 1 amide bonds. The minimum Gasteiger partial charge on any atom is -0.479 e. The van der Waals surface area contributed by atoms with Gasteiger partial charge in [-0.15, -0.1) is 0 Å². The monoisotopic (exact) mass is 325 g/mol. The summed E-state index contributed by atoms with van der Waals surface area (Å²) in [5.74, 6) is -2.78. The van der Waals surface area contributed by atoms with Crippen LogP contribution < -0.4 is 5.32 Å². The molecule has 21 heavy (non-hydrogen) atoms. The zero-order chi connectivity index (χ0) is 16.4. The van der Waals surface area contributed by atoms with Crippen molar-refractivity contribution in [1.29, 1.82) is 0 Å². The first-order valence-corrected chi connectivity index (χ1v) is 5.93. The molecule has 0 aliphatic rings. The molecule has 0 heterocycles. The van der Waals surface area contributed by atoms with Crippen molar-refractivity contribution < 1.29 is 33.0 Å². The number of aliphatic hydroxyl groups is 1. The van der Waals surface area contributed by atoms with Crippen LogP contribution in [0, 0.1) is 0 Å². The van der Waals surface area contributed by atoms with Crippen LogP contribution in [0.3, 0.4) is 0 Å². The fourth-order valence-corrected chi connectivity index (χ4v) is 1.54. The summed E-state index contributed by atoms with van der Waals surface area (Å²) in [6.07, 6.45) is -4.80. The number of carboxylic acid groups (broad SMARTS) is 1. The number of hydrogen-bond donors (Lipinski definition) is 3. The Morgan fingerprint density at radius 3 is 2.38 bits per heavy atom. The van der Waals surface area contributed by atoms with Gasteiger partial charge in [0.15, 0.2) is 5.60 Å². The van der Waals surface area contributed by atoms with Gasteiger partial charge >= 0.3 is 12.1 Å². The van der Waals surface area contributed by atoms with Crippen LogP contribution in [0.2, 0.25) is 5.02 Å². The Morgan fingerprint density at radius 1 is 1.33 bits per heavy atom. The summed E-state index contributed by atoms with van der Waals surface area (Å²) in [5, 5.41) is 19.8. The molecule has 116 valence electrons. The molecule has 0 radical (unpaired) electrons. The summed E-state index contributed by atoms with van der Waals surface area (Å²) in [6.45, 7) is 0.156. The average Bonchev–Trinajstić information content (AvgIpc) is 2.34. The van der Waals surface area contributed by atoms with Gasteiger partial charge in [-0.1, -0.05) is 11.6 Å². The SMILES string of the molecule is CC(O)(CNC(=O)c1ccc(Cl)cc1C(F)(F)F)C(=O)O. The van der Waals surface area contributed by atoms with Crippen molar-refractivity contribution in [2.24, 2.45) is 0 Å². The third-order valence-corrected chi connectivity index (χ3v) is 2.82. The average molecular weight is 326 g/mol. The molecule has 9 heteroatoms. The number of nitrogens with one attached hydrogen (secondary N) is 1. The Balaban J connectivity index is 3.01. The van der Waals surface area contributed by atoms with E-state index in [9.17, 15) is 27.9 Å². The Hall–Kier alpha value is -1.80. The second kappa shape index (κ2) is 5.90. The highest BCUT2D eigenvalue weighted by atomic mass is 35.5. The summed E-state index contributed by atoms with van der Waals surface area (Å²) in [7, 11) is 0. The molecule has 1 unspecified atom stereocenters. The lowest BCUT2D eigenvalue weighted by atomic mass is 10.0. The van der Waals surface area contributed by atoms with Crippen LogP contribution in [-0.2, 0) is 11.0 Å². The quantitative estimate of drug-likeness (QED) is 0.789. The number of carbonyl (C=O) groups excluding carboxylic acids is 1. The van der Waals surface area contributed by atoms with Gasteiger partial charge in [-0.3, -0.25) is 4.79 Å². The van der Waals surface area contributed by atoms with Crippen molar-refractivity contribution in [3.05, 3.63) is 34.3 Å². The molecule has 1 atom stereocenters. The maximum absolute atomic E-state index is 12.8. The molecule has 0 saturated heterocycles. The normalized spacial score (nSPS) is 14.4. The fourth-order valence-electron chi connectivity index (χ4n) is 1.37. The van der Waals surface area contributed by atoms with Crippen molar-refractivity contribution in [3.63, 3.8) is 0 Å². The van der Waals surface area contributed by atoms with E-state index in [2.05, 4.69) is 0 Å². The van der Waals surface area contributed by atoms with Gasteiger partial charge < -0.3 is 15.5 Å². The van der Waals surface area contributed by atoms with E-state index in [1.165, 1.54) is 0 Å². The summed E-state index contributed by atoms with van der Waals surface area (Å²) in [4.78, 5) is 22.4. The number of alkyl halides is 3. The summed E-state index contributed by atoms with van der Waals surface area (Å²) in [6, 6.07) is 2.56. The van der Waals surface area contributed by atoms with Crippen molar-refractivity contribution in [2.45, 2.75) is 18.7 Å². The highest BCUT2D eigenvalue weighted by Crippen LogP contribution is 2.33. The maximum atomic E-state index is 12.8. The molecular formula is C12H11ClF3NO4. The Morgan fingerprint density at radius 2 is 1.90 bits per heavy atom. The number of rotatable bonds is 4. The standard InChI is InChI=1S/C12H11ClF3NO4/c1-11(21,10(19)20)5-17-9(18)7-3-2-6(13)4-8(7)12(14,15)16/h2-4,21H,5H2,1H3,(H,17,18)(H,19,20). The van der Waals surface area contributed by atoms with E-state index in [-0.39, 0.29) is 5.02 Å². The summed E-state index contributed by atoms with van der Waals surface area (Å²) in [5.41, 5.74) is -4.25. The number of amides is 1. The second-order valence-electron chi connectivity index (χ2n) is 4.45. The summed E-state index contributed by atoms with van der Waals surface area (Å²) >= 11 is 5.47. The van der Waals surface area contributed by atoms with Gasteiger partial charge in [0.2, 0.25) is 0 Å². The number of aliphatic carboxylic acids is 1. The fraction of sp³-hybridized carbons (Fsp3) is 0.333. The van der Waals surface area contributed by atoms with E-state index in [1.807, 2.05) is 5.32 Å².